The SMILES string of the molecule is O=C(N1CCOCC1)N1C[C@H]2CCC[C@H]2C1. The van der Waals surface area contributed by atoms with Crippen molar-refractivity contribution in [1.82, 2.24) is 9.80 Å². The summed E-state index contributed by atoms with van der Waals surface area (Å²) in [6.07, 6.45) is 4.03. The standard InChI is InChI=1S/C12H20N2O2/c15-12(13-4-6-16-7-5-13)14-8-10-2-1-3-11(10)9-14/h10-11H,1-9H2/t10-,11+. The third-order valence-electron chi connectivity index (χ3n) is 4.28. The Hall–Kier alpha value is -0.770. The molecule has 0 aromatic heterocycles. The topological polar surface area (TPSA) is 32.8 Å². The van der Waals surface area contributed by atoms with E-state index in [1.807, 2.05) is 4.90 Å². The number of morpholine rings is 1. The first-order valence-electron chi connectivity index (χ1n) is 6.46. The number of fused-ring (bicyclic) bond motifs is 1. The van der Waals surface area contributed by atoms with E-state index in [4.69, 9.17) is 4.74 Å². The molecule has 2 aliphatic heterocycles. The predicted molar refractivity (Wildman–Crippen MR) is 60.2 cm³/mol. The first-order chi connectivity index (χ1) is 7.84. The quantitative estimate of drug-likeness (QED) is 0.619. The van der Waals surface area contributed by atoms with Gasteiger partial charge in [0, 0.05) is 26.2 Å². The molecule has 16 heavy (non-hydrogen) atoms. The van der Waals surface area contributed by atoms with Gasteiger partial charge in [-0.3, -0.25) is 0 Å². The Morgan fingerprint density at radius 3 is 2.25 bits per heavy atom. The van der Waals surface area contributed by atoms with Crippen molar-refractivity contribution in [3.63, 3.8) is 0 Å². The van der Waals surface area contributed by atoms with E-state index in [1.54, 1.807) is 0 Å². The highest BCUT2D eigenvalue weighted by atomic mass is 16.5. The molecule has 3 fully saturated rings. The van der Waals surface area contributed by atoms with Crippen molar-refractivity contribution < 1.29 is 9.53 Å². The van der Waals surface area contributed by atoms with Gasteiger partial charge < -0.3 is 14.5 Å². The molecule has 3 rings (SSSR count). The zero-order valence-electron chi connectivity index (χ0n) is 9.73. The molecule has 2 heterocycles. The maximum Gasteiger partial charge on any atom is 0.320 e. The van der Waals surface area contributed by atoms with E-state index in [-0.39, 0.29) is 6.03 Å². The molecule has 4 heteroatoms. The minimum atomic E-state index is 0.248. The van der Waals surface area contributed by atoms with Gasteiger partial charge in [-0.05, 0) is 24.7 Å². The highest BCUT2D eigenvalue weighted by Crippen LogP contribution is 2.37. The number of hydrogen-bond donors (Lipinski definition) is 0. The van der Waals surface area contributed by atoms with E-state index in [1.165, 1.54) is 19.3 Å². The van der Waals surface area contributed by atoms with Crippen LogP contribution < -0.4 is 0 Å². The van der Waals surface area contributed by atoms with Crippen LogP contribution in [0.1, 0.15) is 19.3 Å². The second kappa shape index (κ2) is 4.24. The maximum atomic E-state index is 12.2. The molecule has 1 saturated carbocycles. The minimum Gasteiger partial charge on any atom is -0.378 e. The molecule has 2 saturated heterocycles. The zero-order valence-corrected chi connectivity index (χ0v) is 9.73. The van der Waals surface area contributed by atoms with Gasteiger partial charge in [0.2, 0.25) is 0 Å². The van der Waals surface area contributed by atoms with Gasteiger partial charge in [-0.2, -0.15) is 0 Å². The number of hydrogen-bond acceptors (Lipinski definition) is 2. The normalized spacial score (nSPS) is 34.2. The van der Waals surface area contributed by atoms with E-state index in [9.17, 15) is 4.79 Å². The van der Waals surface area contributed by atoms with Gasteiger partial charge in [-0.1, -0.05) is 6.42 Å². The number of amides is 2. The molecule has 0 spiro atoms. The van der Waals surface area contributed by atoms with Crippen LogP contribution in [0.25, 0.3) is 0 Å². The van der Waals surface area contributed by atoms with Crippen LogP contribution in [-0.2, 0) is 4.74 Å². The van der Waals surface area contributed by atoms with Crippen molar-refractivity contribution in [3.05, 3.63) is 0 Å². The number of urea groups is 1. The summed E-state index contributed by atoms with van der Waals surface area (Å²) in [5, 5.41) is 0. The highest BCUT2D eigenvalue weighted by Gasteiger charge is 2.39. The van der Waals surface area contributed by atoms with Gasteiger partial charge in [-0.15, -0.1) is 0 Å². The number of carbonyl (C=O) groups is 1. The van der Waals surface area contributed by atoms with Crippen LogP contribution in [0.2, 0.25) is 0 Å². The van der Waals surface area contributed by atoms with Crippen LogP contribution in [0, 0.1) is 11.8 Å². The minimum absolute atomic E-state index is 0.248. The summed E-state index contributed by atoms with van der Waals surface area (Å²) in [5.41, 5.74) is 0. The zero-order chi connectivity index (χ0) is 11.0. The van der Waals surface area contributed by atoms with E-state index in [0.717, 1.165) is 38.0 Å². The van der Waals surface area contributed by atoms with Crippen molar-refractivity contribution >= 4 is 6.03 Å². The van der Waals surface area contributed by atoms with Crippen LogP contribution in [0.5, 0.6) is 0 Å². The largest absolute Gasteiger partial charge is 0.378 e. The fourth-order valence-electron chi connectivity index (χ4n) is 3.35. The van der Waals surface area contributed by atoms with Crippen molar-refractivity contribution in [2.45, 2.75) is 19.3 Å². The molecule has 0 unspecified atom stereocenters. The number of carbonyl (C=O) groups excluding carboxylic acids is 1. The fourth-order valence-corrected chi connectivity index (χ4v) is 3.35. The lowest BCUT2D eigenvalue weighted by atomic mass is 10.0. The first-order valence-corrected chi connectivity index (χ1v) is 6.46. The van der Waals surface area contributed by atoms with Crippen LogP contribution in [0.4, 0.5) is 4.79 Å². The number of likely N-dealkylation sites (tertiary alicyclic amines) is 1. The Morgan fingerprint density at radius 2 is 1.62 bits per heavy atom. The molecule has 4 nitrogen and oxygen atoms in total. The van der Waals surface area contributed by atoms with Crippen molar-refractivity contribution in [2.75, 3.05) is 39.4 Å². The molecule has 2 amide bonds. The molecule has 2 atom stereocenters. The summed E-state index contributed by atoms with van der Waals surface area (Å²) in [6.45, 7) is 4.94. The summed E-state index contributed by atoms with van der Waals surface area (Å²) < 4.78 is 5.27. The molecule has 0 N–H and O–H groups in total. The molecule has 0 aromatic carbocycles. The summed E-state index contributed by atoms with van der Waals surface area (Å²) in [7, 11) is 0. The van der Waals surface area contributed by atoms with Gasteiger partial charge >= 0.3 is 6.03 Å². The lowest BCUT2D eigenvalue weighted by molar-refractivity contribution is 0.0446. The molecular formula is C12H20N2O2. The van der Waals surface area contributed by atoms with Crippen LogP contribution >= 0.6 is 0 Å². The number of nitrogens with zero attached hydrogens (tertiary/aromatic N) is 2. The second-order valence-corrected chi connectivity index (χ2v) is 5.24. The maximum absolute atomic E-state index is 12.2. The fraction of sp³-hybridized carbons (Fsp3) is 0.917. The third-order valence-corrected chi connectivity index (χ3v) is 4.28. The van der Waals surface area contributed by atoms with E-state index >= 15 is 0 Å². The van der Waals surface area contributed by atoms with Gasteiger partial charge in [0.05, 0.1) is 13.2 Å². The Kier molecular flexibility index (Phi) is 2.75. The lowest BCUT2D eigenvalue weighted by Gasteiger charge is -2.31. The highest BCUT2D eigenvalue weighted by molar-refractivity contribution is 5.75. The van der Waals surface area contributed by atoms with Gasteiger partial charge in [-0.25, -0.2) is 4.79 Å². The summed E-state index contributed by atoms with van der Waals surface area (Å²) in [6, 6.07) is 0.248. The summed E-state index contributed by atoms with van der Waals surface area (Å²) in [5.74, 6) is 1.59. The van der Waals surface area contributed by atoms with Crippen molar-refractivity contribution in [3.8, 4) is 0 Å². The van der Waals surface area contributed by atoms with Crippen molar-refractivity contribution in [1.29, 1.82) is 0 Å². The number of ether oxygens (including phenoxy) is 1. The van der Waals surface area contributed by atoms with Gasteiger partial charge in [0.1, 0.15) is 0 Å². The van der Waals surface area contributed by atoms with E-state index in [0.29, 0.717) is 13.2 Å². The predicted octanol–water partition coefficient (Wildman–Crippen LogP) is 1.17. The Balaban J connectivity index is 1.59. The van der Waals surface area contributed by atoms with Crippen LogP contribution in [-0.4, -0.2) is 55.2 Å². The molecule has 90 valence electrons. The number of rotatable bonds is 0. The van der Waals surface area contributed by atoms with Crippen LogP contribution in [0.15, 0.2) is 0 Å². The lowest BCUT2D eigenvalue weighted by Crippen LogP contribution is -2.47. The summed E-state index contributed by atoms with van der Waals surface area (Å²) in [4.78, 5) is 16.2. The first kappa shape index (κ1) is 10.4. The van der Waals surface area contributed by atoms with Gasteiger partial charge in [0.15, 0.2) is 0 Å². The molecule has 0 bridgehead atoms. The van der Waals surface area contributed by atoms with E-state index < -0.39 is 0 Å². The Bertz CT molecular complexity index is 264. The van der Waals surface area contributed by atoms with Crippen LogP contribution in [0.3, 0.4) is 0 Å². The average Bonchev–Trinajstić information content (AvgIpc) is 2.89. The van der Waals surface area contributed by atoms with Gasteiger partial charge in [0.25, 0.3) is 0 Å². The van der Waals surface area contributed by atoms with Crippen molar-refractivity contribution in [2.24, 2.45) is 11.8 Å². The molecule has 0 radical (unpaired) electrons. The smallest absolute Gasteiger partial charge is 0.320 e. The molecule has 3 aliphatic rings. The Labute approximate surface area is 96.5 Å². The Morgan fingerprint density at radius 1 is 1.00 bits per heavy atom. The molecule has 1 aliphatic carbocycles. The average molecular weight is 224 g/mol. The third kappa shape index (κ3) is 1.79. The monoisotopic (exact) mass is 224 g/mol. The second-order valence-electron chi connectivity index (χ2n) is 5.24. The molecule has 0 aromatic rings. The molecular weight excluding hydrogens is 204 g/mol. The summed E-state index contributed by atoms with van der Waals surface area (Å²) >= 11 is 0. The van der Waals surface area contributed by atoms with E-state index in [2.05, 4.69) is 4.90 Å².